The van der Waals surface area contributed by atoms with Gasteiger partial charge in [0.15, 0.2) is 0 Å². The van der Waals surface area contributed by atoms with E-state index in [4.69, 9.17) is 0 Å². The summed E-state index contributed by atoms with van der Waals surface area (Å²) >= 11 is 0. The average molecular weight is 342 g/mol. The number of rotatable bonds is 3. The monoisotopic (exact) mass is 342 g/mol. The van der Waals surface area contributed by atoms with Crippen LogP contribution in [-0.2, 0) is 16.4 Å². The van der Waals surface area contributed by atoms with E-state index in [1.54, 1.807) is 10.4 Å². The van der Waals surface area contributed by atoms with Crippen molar-refractivity contribution in [3.05, 3.63) is 59.7 Å². The van der Waals surface area contributed by atoms with Crippen LogP contribution in [0.1, 0.15) is 30.0 Å². The Morgan fingerprint density at radius 1 is 1.04 bits per heavy atom. The highest BCUT2D eigenvalue weighted by atomic mass is 32.2. The number of anilines is 1. The summed E-state index contributed by atoms with van der Waals surface area (Å²) in [7, 11) is -1.46. The molecule has 2 aliphatic heterocycles. The van der Waals surface area contributed by atoms with Gasteiger partial charge in [0.1, 0.15) is 0 Å². The molecule has 24 heavy (non-hydrogen) atoms. The van der Waals surface area contributed by atoms with E-state index >= 15 is 0 Å². The van der Waals surface area contributed by atoms with Gasteiger partial charge in [-0.05, 0) is 42.5 Å². The molecular formula is C19H22N2O2S. The lowest BCUT2D eigenvalue weighted by Crippen LogP contribution is -2.30. The zero-order valence-electron chi connectivity index (χ0n) is 13.9. The Bertz CT molecular complexity index is 849. The van der Waals surface area contributed by atoms with Gasteiger partial charge in [0.25, 0.3) is 0 Å². The lowest BCUT2D eigenvalue weighted by molar-refractivity contribution is 0.396. The largest absolute Gasteiger partial charge is 0.374 e. The van der Waals surface area contributed by atoms with Crippen molar-refractivity contribution in [2.75, 3.05) is 25.0 Å². The van der Waals surface area contributed by atoms with Gasteiger partial charge in [0.2, 0.25) is 10.0 Å². The fourth-order valence-corrected chi connectivity index (χ4v) is 5.55. The van der Waals surface area contributed by atoms with Gasteiger partial charge >= 0.3 is 0 Å². The number of benzene rings is 2. The standard InChI is InChI=1S/C19H22N2O2S/c1-20-13-11-16-9-10-17(14-19(16)20)24(22,23)21-12-5-8-18(21)15-6-3-2-4-7-15/h2-4,6-7,9-10,14,18H,5,8,11-13H2,1H3. The molecule has 0 aliphatic carbocycles. The van der Waals surface area contributed by atoms with Crippen molar-refractivity contribution >= 4 is 15.7 Å². The summed E-state index contributed by atoms with van der Waals surface area (Å²) < 4.78 is 28.1. The molecule has 2 aliphatic rings. The van der Waals surface area contributed by atoms with Crippen molar-refractivity contribution in [3.63, 3.8) is 0 Å². The lowest BCUT2D eigenvalue weighted by Gasteiger charge is -2.25. The highest BCUT2D eigenvalue weighted by molar-refractivity contribution is 7.89. The Balaban J connectivity index is 1.71. The lowest BCUT2D eigenvalue weighted by atomic mass is 10.1. The van der Waals surface area contributed by atoms with Crippen molar-refractivity contribution < 1.29 is 8.42 Å². The maximum absolute atomic E-state index is 13.2. The van der Waals surface area contributed by atoms with Crippen LogP contribution in [-0.4, -0.2) is 32.9 Å². The molecule has 1 fully saturated rings. The molecule has 0 spiro atoms. The molecule has 0 radical (unpaired) electrons. The number of sulfonamides is 1. The van der Waals surface area contributed by atoms with Crippen molar-refractivity contribution in [2.45, 2.75) is 30.2 Å². The molecule has 0 saturated carbocycles. The summed E-state index contributed by atoms with van der Waals surface area (Å²) in [5, 5.41) is 0. The smallest absolute Gasteiger partial charge is 0.243 e. The van der Waals surface area contributed by atoms with E-state index in [0.29, 0.717) is 11.4 Å². The summed E-state index contributed by atoms with van der Waals surface area (Å²) in [6, 6.07) is 15.5. The second-order valence-electron chi connectivity index (χ2n) is 6.65. The van der Waals surface area contributed by atoms with Crippen molar-refractivity contribution in [3.8, 4) is 0 Å². The number of hydrogen-bond donors (Lipinski definition) is 0. The van der Waals surface area contributed by atoms with Crippen LogP contribution in [0, 0.1) is 0 Å². The van der Waals surface area contributed by atoms with Crippen LogP contribution >= 0.6 is 0 Å². The quantitative estimate of drug-likeness (QED) is 0.860. The zero-order valence-corrected chi connectivity index (χ0v) is 14.7. The van der Waals surface area contributed by atoms with E-state index in [2.05, 4.69) is 4.90 Å². The molecule has 1 unspecified atom stereocenters. The summed E-state index contributed by atoms with van der Waals surface area (Å²) in [5.41, 5.74) is 3.36. The number of hydrogen-bond acceptors (Lipinski definition) is 3. The average Bonchev–Trinajstić information content (AvgIpc) is 3.23. The molecule has 2 aromatic rings. The van der Waals surface area contributed by atoms with Crippen molar-refractivity contribution in [1.82, 2.24) is 4.31 Å². The van der Waals surface area contributed by atoms with Gasteiger partial charge < -0.3 is 4.90 Å². The number of likely N-dealkylation sites (N-methyl/N-ethyl adjacent to an activating group) is 1. The third kappa shape index (κ3) is 2.52. The molecule has 0 N–H and O–H groups in total. The summed E-state index contributed by atoms with van der Waals surface area (Å²) in [5.74, 6) is 0. The Morgan fingerprint density at radius 2 is 1.83 bits per heavy atom. The number of nitrogens with zero attached hydrogens (tertiary/aromatic N) is 2. The molecule has 2 aromatic carbocycles. The van der Waals surface area contributed by atoms with Crippen LogP contribution in [0.5, 0.6) is 0 Å². The third-order valence-electron chi connectivity index (χ3n) is 5.18. The molecule has 4 rings (SSSR count). The fourth-order valence-electron chi connectivity index (χ4n) is 3.85. The molecule has 1 atom stereocenters. The SMILES string of the molecule is CN1CCc2ccc(S(=O)(=O)N3CCCC3c3ccccc3)cc21. The maximum atomic E-state index is 13.2. The predicted octanol–water partition coefficient (Wildman–Crippen LogP) is 3.20. The highest BCUT2D eigenvalue weighted by Gasteiger charge is 2.36. The second kappa shape index (κ2) is 5.90. The van der Waals surface area contributed by atoms with E-state index in [0.717, 1.165) is 37.1 Å². The minimum absolute atomic E-state index is 0.0535. The van der Waals surface area contributed by atoms with Crippen molar-refractivity contribution in [2.24, 2.45) is 0 Å². The first kappa shape index (κ1) is 15.7. The predicted molar refractivity (Wildman–Crippen MR) is 95.7 cm³/mol. The molecule has 0 aromatic heterocycles. The van der Waals surface area contributed by atoms with Crippen LogP contribution in [0.4, 0.5) is 5.69 Å². The zero-order chi connectivity index (χ0) is 16.7. The van der Waals surface area contributed by atoms with E-state index in [1.807, 2.05) is 49.5 Å². The van der Waals surface area contributed by atoms with E-state index in [-0.39, 0.29) is 6.04 Å². The van der Waals surface area contributed by atoms with Crippen LogP contribution < -0.4 is 4.90 Å². The summed E-state index contributed by atoms with van der Waals surface area (Å²) in [6.45, 7) is 1.55. The number of fused-ring (bicyclic) bond motifs is 1. The van der Waals surface area contributed by atoms with Gasteiger partial charge in [-0.25, -0.2) is 8.42 Å². The minimum atomic E-state index is -3.47. The van der Waals surface area contributed by atoms with Gasteiger partial charge in [-0.15, -0.1) is 0 Å². The van der Waals surface area contributed by atoms with Gasteiger partial charge in [0.05, 0.1) is 10.9 Å². The Kier molecular flexibility index (Phi) is 3.85. The molecule has 4 nitrogen and oxygen atoms in total. The van der Waals surface area contributed by atoms with Gasteiger partial charge in [-0.1, -0.05) is 36.4 Å². The Labute approximate surface area is 143 Å². The Morgan fingerprint density at radius 3 is 2.62 bits per heavy atom. The van der Waals surface area contributed by atoms with Gasteiger partial charge in [0, 0.05) is 25.8 Å². The van der Waals surface area contributed by atoms with E-state index < -0.39 is 10.0 Å². The van der Waals surface area contributed by atoms with Crippen molar-refractivity contribution in [1.29, 1.82) is 0 Å². The third-order valence-corrected chi connectivity index (χ3v) is 7.08. The van der Waals surface area contributed by atoms with Crippen LogP contribution in [0.15, 0.2) is 53.4 Å². The van der Waals surface area contributed by atoms with Crippen LogP contribution in [0.2, 0.25) is 0 Å². The first-order valence-electron chi connectivity index (χ1n) is 8.48. The highest BCUT2D eigenvalue weighted by Crippen LogP contribution is 2.38. The topological polar surface area (TPSA) is 40.6 Å². The Hall–Kier alpha value is -1.85. The van der Waals surface area contributed by atoms with Crippen LogP contribution in [0.3, 0.4) is 0 Å². The maximum Gasteiger partial charge on any atom is 0.243 e. The van der Waals surface area contributed by atoms with E-state index in [9.17, 15) is 8.42 Å². The summed E-state index contributed by atoms with van der Waals surface area (Å²) in [6.07, 6.45) is 2.78. The molecule has 0 bridgehead atoms. The van der Waals surface area contributed by atoms with Gasteiger partial charge in [-0.3, -0.25) is 0 Å². The van der Waals surface area contributed by atoms with E-state index in [1.165, 1.54) is 5.56 Å². The second-order valence-corrected chi connectivity index (χ2v) is 8.54. The molecule has 126 valence electrons. The molecular weight excluding hydrogens is 320 g/mol. The van der Waals surface area contributed by atoms with Crippen LogP contribution in [0.25, 0.3) is 0 Å². The first-order valence-corrected chi connectivity index (χ1v) is 9.92. The molecule has 1 saturated heterocycles. The first-order chi connectivity index (χ1) is 11.6. The minimum Gasteiger partial charge on any atom is -0.374 e. The van der Waals surface area contributed by atoms with Gasteiger partial charge in [-0.2, -0.15) is 4.31 Å². The molecule has 0 amide bonds. The molecule has 2 heterocycles. The fraction of sp³-hybridized carbons (Fsp3) is 0.368. The molecule has 5 heteroatoms. The normalized spacial score (nSPS) is 21.2. The summed E-state index contributed by atoms with van der Waals surface area (Å²) in [4.78, 5) is 2.55.